The normalized spacial score (nSPS) is 17.2. The van der Waals surface area contributed by atoms with Crippen LogP contribution in [0.5, 0.6) is 0 Å². The first-order chi connectivity index (χ1) is 11.8. The summed E-state index contributed by atoms with van der Waals surface area (Å²) < 4.78 is 0. The van der Waals surface area contributed by atoms with Crippen molar-refractivity contribution in [3.63, 3.8) is 0 Å². The zero-order valence-electron chi connectivity index (χ0n) is 14.8. The molecule has 0 bridgehead atoms. The van der Waals surface area contributed by atoms with E-state index in [2.05, 4.69) is 13.8 Å². The lowest BCUT2D eigenvalue weighted by molar-refractivity contribution is -0.112. The lowest BCUT2D eigenvalue weighted by atomic mass is 9.96. The molecule has 4 atom stereocenters. The van der Waals surface area contributed by atoms with Crippen molar-refractivity contribution in [3.05, 3.63) is 40.6 Å². The number of aryl methyl sites for hydroxylation is 2. The summed E-state index contributed by atoms with van der Waals surface area (Å²) in [5.74, 6) is -0.526. The molecule has 0 aliphatic heterocycles. The molecule has 0 saturated carbocycles. The quantitative estimate of drug-likeness (QED) is 0.348. The Kier molecular flexibility index (Phi) is 9.10. The van der Waals surface area contributed by atoms with Gasteiger partial charge in [-0.25, -0.2) is 0 Å². The van der Waals surface area contributed by atoms with Crippen LogP contribution in [0.3, 0.4) is 0 Å². The predicted molar refractivity (Wildman–Crippen MR) is 96.2 cm³/mol. The van der Waals surface area contributed by atoms with Crippen LogP contribution >= 0.6 is 0 Å². The molecule has 0 heterocycles. The minimum atomic E-state index is -1.83. The van der Waals surface area contributed by atoms with E-state index < -0.39 is 36.8 Å². The van der Waals surface area contributed by atoms with Gasteiger partial charge in [0, 0.05) is 0 Å². The third-order valence-electron chi connectivity index (χ3n) is 4.14. The van der Waals surface area contributed by atoms with E-state index in [1.807, 2.05) is 18.2 Å². The SMILES string of the molecule is CCCc1ccc(C=C(O)C(O)C(O)C(O)C(O)CO)cc1CCC. The summed E-state index contributed by atoms with van der Waals surface area (Å²) in [4.78, 5) is 0. The van der Waals surface area contributed by atoms with Crippen molar-refractivity contribution in [3.8, 4) is 0 Å². The highest BCUT2D eigenvalue weighted by atomic mass is 16.4. The molecular weight excluding hydrogens is 324 g/mol. The topological polar surface area (TPSA) is 121 Å². The molecule has 6 N–H and O–H groups in total. The van der Waals surface area contributed by atoms with E-state index in [1.165, 1.54) is 17.2 Å². The zero-order valence-corrected chi connectivity index (χ0v) is 14.8. The monoisotopic (exact) mass is 354 g/mol. The molecule has 1 rings (SSSR count). The number of hydrogen-bond acceptors (Lipinski definition) is 6. The average molecular weight is 354 g/mol. The molecule has 1 aromatic carbocycles. The minimum Gasteiger partial charge on any atom is -0.509 e. The maximum atomic E-state index is 10.0. The fourth-order valence-electron chi connectivity index (χ4n) is 2.70. The molecule has 1 aromatic rings. The molecule has 0 radical (unpaired) electrons. The van der Waals surface area contributed by atoms with Crippen molar-refractivity contribution in [2.45, 2.75) is 63.9 Å². The highest BCUT2D eigenvalue weighted by molar-refractivity contribution is 5.54. The maximum absolute atomic E-state index is 10.0. The van der Waals surface area contributed by atoms with Crippen molar-refractivity contribution in [2.75, 3.05) is 6.61 Å². The third kappa shape index (κ3) is 6.09. The number of benzene rings is 1. The van der Waals surface area contributed by atoms with Crippen molar-refractivity contribution >= 4 is 6.08 Å². The van der Waals surface area contributed by atoms with E-state index in [9.17, 15) is 25.5 Å². The predicted octanol–water partition coefficient (Wildman–Crippen LogP) is 0.926. The van der Waals surface area contributed by atoms with Crippen LogP contribution in [-0.4, -0.2) is 61.7 Å². The number of aliphatic hydroxyl groups excluding tert-OH is 6. The average Bonchev–Trinajstić information content (AvgIpc) is 2.61. The third-order valence-corrected chi connectivity index (χ3v) is 4.14. The van der Waals surface area contributed by atoms with Gasteiger partial charge in [-0.05, 0) is 35.6 Å². The standard InChI is InChI=1S/C19H30O6/c1-3-5-13-8-7-12(9-14(13)6-4-2)10-15(21)17(23)19(25)18(24)16(22)11-20/h7-10,16-25H,3-6,11H2,1-2H3. The summed E-state index contributed by atoms with van der Waals surface area (Å²) in [7, 11) is 0. The summed E-state index contributed by atoms with van der Waals surface area (Å²) in [6, 6.07) is 5.74. The molecule has 0 aromatic heterocycles. The van der Waals surface area contributed by atoms with E-state index in [0.717, 1.165) is 25.7 Å². The van der Waals surface area contributed by atoms with Crippen molar-refractivity contribution in [2.24, 2.45) is 0 Å². The lowest BCUT2D eigenvalue weighted by Crippen LogP contribution is -2.46. The van der Waals surface area contributed by atoms with Crippen LogP contribution in [0, 0.1) is 0 Å². The van der Waals surface area contributed by atoms with Crippen LogP contribution in [0.4, 0.5) is 0 Å². The molecule has 0 aliphatic rings. The highest BCUT2D eigenvalue weighted by Gasteiger charge is 2.32. The van der Waals surface area contributed by atoms with Gasteiger partial charge in [0.1, 0.15) is 30.2 Å². The summed E-state index contributed by atoms with van der Waals surface area (Å²) in [5.41, 5.74) is 3.10. The molecule has 0 amide bonds. The van der Waals surface area contributed by atoms with Crippen LogP contribution in [0.1, 0.15) is 43.4 Å². The summed E-state index contributed by atoms with van der Waals surface area (Å²) >= 11 is 0. The van der Waals surface area contributed by atoms with Crippen LogP contribution in [0.15, 0.2) is 24.0 Å². The Morgan fingerprint density at radius 3 is 2.12 bits per heavy atom. The molecule has 6 heteroatoms. The molecule has 0 saturated heterocycles. The van der Waals surface area contributed by atoms with Gasteiger partial charge in [-0.2, -0.15) is 0 Å². The van der Waals surface area contributed by atoms with E-state index >= 15 is 0 Å². The Morgan fingerprint density at radius 2 is 1.56 bits per heavy atom. The van der Waals surface area contributed by atoms with Gasteiger partial charge in [0.2, 0.25) is 0 Å². The smallest absolute Gasteiger partial charge is 0.139 e. The Bertz CT molecular complexity index is 557. The highest BCUT2D eigenvalue weighted by Crippen LogP contribution is 2.19. The fourth-order valence-corrected chi connectivity index (χ4v) is 2.70. The number of hydrogen-bond donors (Lipinski definition) is 6. The molecular formula is C19H30O6. The second-order valence-electron chi connectivity index (χ2n) is 6.27. The van der Waals surface area contributed by atoms with Gasteiger partial charge in [-0.1, -0.05) is 44.9 Å². The molecule has 0 spiro atoms. The van der Waals surface area contributed by atoms with E-state index in [-0.39, 0.29) is 0 Å². The molecule has 0 fully saturated rings. The van der Waals surface area contributed by atoms with E-state index in [0.29, 0.717) is 5.56 Å². The zero-order chi connectivity index (χ0) is 19.0. The van der Waals surface area contributed by atoms with Gasteiger partial charge in [0.15, 0.2) is 0 Å². The van der Waals surface area contributed by atoms with Crippen LogP contribution in [-0.2, 0) is 12.8 Å². The molecule has 25 heavy (non-hydrogen) atoms. The summed E-state index contributed by atoms with van der Waals surface area (Å²) in [6.07, 6.45) is -1.77. The van der Waals surface area contributed by atoms with E-state index in [1.54, 1.807) is 0 Å². The Hall–Kier alpha value is -1.44. The van der Waals surface area contributed by atoms with Crippen molar-refractivity contribution in [1.29, 1.82) is 0 Å². The van der Waals surface area contributed by atoms with Gasteiger partial charge in [-0.15, -0.1) is 0 Å². The molecule has 142 valence electrons. The minimum absolute atomic E-state index is 0.526. The lowest BCUT2D eigenvalue weighted by Gasteiger charge is -2.25. The van der Waals surface area contributed by atoms with Gasteiger partial charge < -0.3 is 30.6 Å². The molecule has 6 nitrogen and oxygen atoms in total. The summed E-state index contributed by atoms with van der Waals surface area (Å²) in [6.45, 7) is 3.43. The van der Waals surface area contributed by atoms with Gasteiger partial charge >= 0.3 is 0 Å². The maximum Gasteiger partial charge on any atom is 0.139 e. The van der Waals surface area contributed by atoms with Gasteiger partial charge in [0.05, 0.1) is 6.61 Å². The Balaban J connectivity index is 2.98. The molecule has 0 aliphatic carbocycles. The number of aliphatic hydroxyl groups is 6. The first-order valence-corrected chi connectivity index (χ1v) is 8.71. The van der Waals surface area contributed by atoms with Crippen molar-refractivity contribution < 1.29 is 30.6 Å². The van der Waals surface area contributed by atoms with Gasteiger partial charge in [0.25, 0.3) is 0 Å². The Morgan fingerprint density at radius 1 is 0.960 bits per heavy atom. The van der Waals surface area contributed by atoms with E-state index in [4.69, 9.17) is 5.11 Å². The van der Waals surface area contributed by atoms with Gasteiger partial charge in [-0.3, -0.25) is 0 Å². The first kappa shape index (κ1) is 21.6. The van der Waals surface area contributed by atoms with Crippen molar-refractivity contribution in [1.82, 2.24) is 0 Å². The first-order valence-electron chi connectivity index (χ1n) is 8.71. The van der Waals surface area contributed by atoms with Crippen LogP contribution in [0.2, 0.25) is 0 Å². The fraction of sp³-hybridized carbons (Fsp3) is 0.579. The summed E-state index contributed by atoms with van der Waals surface area (Å²) in [5, 5.41) is 57.5. The second-order valence-corrected chi connectivity index (χ2v) is 6.27. The second kappa shape index (κ2) is 10.5. The number of rotatable bonds is 10. The Labute approximate surface area is 148 Å². The molecule has 4 unspecified atom stereocenters. The van der Waals surface area contributed by atoms with Crippen LogP contribution < -0.4 is 0 Å². The largest absolute Gasteiger partial charge is 0.509 e. The van der Waals surface area contributed by atoms with Crippen LogP contribution in [0.25, 0.3) is 6.08 Å².